The van der Waals surface area contributed by atoms with Crippen LogP contribution in [0.4, 0.5) is 0 Å². The molecule has 0 unspecified atom stereocenters. The van der Waals surface area contributed by atoms with E-state index < -0.39 is 18.2 Å². The van der Waals surface area contributed by atoms with Gasteiger partial charge in [0, 0.05) is 25.6 Å². The van der Waals surface area contributed by atoms with Crippen molar-refractivity contribution in [2.45, 2.75) is 19.3 Å². The van der Waals surface area contributed by atoms with Crippen molar-refractivity contribution >= 4 is 11.9 Å². The number of carboxylic acid groups (broad SMARTS) is 1. The minimum atomic E-state index is -1.56. The molecule has 3 rings (SSSR count). The molecule has 0 aliphatic rings. The molecule has 0 atom stereocenters. The van der Waals surface area contributed by atoms with Gasteiger partial charge in [-0.3, -0.25) is 9.89 Å². The first kappa shape index (κ1) is 20.2. The molecular weight excluding hydrogens is 374 g/mol. The first-order chi connectivity index (χ1) is 13.9. The van der Waals surface area contributed by atoms with Gasteiger partial charge in [0.1, 0.15) is 5.69 Å². The highest BCUT2D eigenvalue weighted by atomic mass is 16.5. The van der Waals surface area contributed by atoms with E-state index in [2.05, 4.69) is 10.2 Å². The Bertz CT molecular complexity index is 967. The number of amides is 1. The van der Waals surface area contributed by atoms with Gasteiger partial charge < -0.3 is 20.2 Å². The highest BCUT2D eigenvalue weighted by Gasteiger charge is 2.21. The average Bonchev–Trinajstić information content (AvgIpc) is 3.22. The molecule has 0 aliphatic heterocycles. The van der Waals surface area contributed by atoms with Crippen LogP contribution in [0, 0.1) is 0 Å². The molecular formula is C21H21N3O5. The number of carbonyl (C=O) groups is 2. The molecule has 0 fully saturated rings. The number of aliphatic hydroxyl groups excluding tert-OH is 1. The van der Waals surface area contributed by atoms with Crippen LogP contribution < -0.4 is 0 Å². The molecule has 8 heteroatoms. The lowest BCUT2D eigenvalue weighted by Gasteiger charge is -2.22. The van der Waals surface area contributed by atoms with E-state index in [9.17, 15) is 19.8 Å². The van der Waals surface area contributed by atoms with Gasteiger partial charge in [-0.05, 0) is 16.7 Å². The van der Waals surface area contributed by atoms with Crippen molar-refractivity contribution in [1.82, 2.24) is 15.1 Å². The summed E-state index contributed by atoms with van der Waals surface area (Å²) in [6.45, 7) is 0.294. The summed E-state index contributed by atoms with van der Waals surface area (Å²) in [6.07, 6.45) is -1.59. The van der Waals surface area contributed by atoms with Crippen LogP contribution in [-0.4, -0.2) is 55.1 Å². The molecule has 0 spiro atoms. The minimum Gasteiger partial charge on any atom is -0.477 e. The number of aromatic carboxylic acids is 1. The normalized spacial score (nSPS) is 10.9. The van der Waals surface area contributed by atoms with E-state index in [-0.39, 0.29) is 30.9 Å². The quantitative estimate of drug-likeness (QED) is 0.433. The van der Waals surface area contributed by atoms with E-state index in [4.69, 9.17) is 5.11 Å². The van der Waals surface area contributed by atoms with Gasteiger partial charge in [0.05, 0.1) is 0 Å². The highest BCUT2D eigenvalue weighted by molar-refractivity contribution is 5.95. The summed E-state index contributed by atoms with van der Waals surface area (Å²) < 4.78 is 0. The van der Waals surface area contributed by atoms with E-state index in [0.717, 1.165) is 22.8 Å². The maximum atomic E-state index is 12.8. The molecule has 0 bridgehead atoms. The molecule has 1 amide bonds. The van der Waals surface area contributed by atoms with Gasteiger partial charge >= 0.3 is 5.97 Å². The van der Waals surface area contributed by atoms with Gasteiger partial charge in [0.25, 0.3) is 5.91 Å². The topological polar surface area (TPSA) is 127 Å². The largest absolute Gasteiger partial charge is 0.477 e. The summed E-state index contributed by atoms with van der Waals surface area (Å²) in [6, 6.07) is 18.7. The molecule has 2 aromatic carbocycles. The van der Waals surface area contributed by atoms with Gasteiger partial charge in [-0.25, -0.2) is 4.79 Å². The number of hydrogen-bond acceptors (Lipinski definition) is 5. The van der Waals surface area contributed by atoms with Crippen LogP contribution in [0.3, 0.4) is 0 Å². The molecule has 1 aromatic heterocycles. The molecule has 0 saturated carbocycles. The van der Waals surface area contributed by atoms with E-state index in [1.807, 2.05) is 54.6 Å². The van der Waals surface area contributed by atoms with Crippen LogP contribution in [0.5, 0.6) is 0 Å². The fourth-order valence-corrected chi connectivity index (χ4v) is 2.88. The third-order valence-corrected chi connectivity index (χ3v) is 4.41. The maximum Gasteiger partial charge on any atom is 0.353 e. The van der Waals surface area contributed by atoms with Crippen molar-refractivity contribution in [3.05, 3.63) is 77.6 Å². The number of carboxylic acids is 1. The molecule has 1 heterocycles. The van der Waals surface area contributed by atoms with Crippen LogP contribution in [0.2, 0.25) is 0 Å². The molecule has 8 nitrogen and oxygen atoms in total. The van der Waals surface area contributed by atoms with Crippen LogP contribution >= 0.6 is 0 Å². The predicted octanol–water partition coefficient (Wildman–Crippen LogP) is 2.12. The highest BCUT2D eigenvalue weighted by Crippen LogP contribution is 2.20. The second-order valence-corrected chi connectivity index (χ2v) is 6.53. The third kappa shape index (κ3) is 5.28. The Labute approximate surface area is 167 Å². The summed E-state index contributed by atoms with van der Waals surface area (Å²) in [5.41, 5.74) is 2.72. The number of aromatic nitrogens is 2. The smallest absolute Gasteiger partial charge is 0.353 e. The number of hydrogen-bond donors (Lipinski definition) is 4. The molecule has 29 heavy (non-hydrogen) atoms. The van der Waals surface area contributed by atoms with Gasteiger partial charge in [-0.15, -0.1) is 0 Å². The minimum absolute atomic E-state index is 0.0376. The maximum absolute atomic E-state index is 12.8. The number of nitrogens with zero attached hydrogens (tertiary/aromatic N) is 2. The number of rotatable bonds is 8. The number of carbonyl (C=O) groups excluding carboxylic acids is 1. The average molecular weight is 395 g/mol. The number of H-pyrrole nitrogens is 1. The summed E-state index contributed by atoms with van der Waals surface area (Å²) in [5.74, 6) is -1.72. The predicted molar refractivity (Wildman–Crippen MR) is 105 cm³/mol. The molecule has 0 aliphatic carbocycles. The van der Waals surface area contributed by atoms with Crippen LogP contribution in [0.1, 0.15) is 33.0 Å². The van der Waals surface area contributed by atoms with E-state index >= 15 is 0 Å². The fraction of sp³-hybridized carbons (Fsp3) is 0.190. The third-order valence-electron chi connectivity index (χ3n) is 4.41. The van der Waals surface area contributed by atoms with Crippen molar-refractivity contribution in [1.29, 1.82) is 0 Å². The van der Waals surface area contributed by atoms with Gasteiger partial charge in [-0.1, -0.05) is 54.6 Å². The monoisotopic (exact) mass is 395 g/mol. The molecule has 150 valence electrons. The van der Waals surface area contributed by atoms with Crippen molar-refractivity contribution in [2.24, 2.45) is 0 Å². The zero-order valence-electron chi connectivity index (χ0n) is 15.5. The second-order valence-electron chi connectivity index (χ2n) is 6.53. The number of benzene rings is 2. The molecule has 4 N–H and O–H groups in total. The van der Waals surface area contributed by atoms with Gasteiger partial charge in [0.2, 0.25) is 0 Å². The Morgan fingerprint density at radius 3 is 2.24 bits per heavy atom. The summed E-state index contributed by atoms with van der Waals surface area (Å²) in [4.78, 5) is 25.2. The Balaban J connectivity index is 1.77. The molecule has 0 radical (unpaired) electrons. The Morgan fingerprint density at radius 2 is 1.66 bits per heavy atom. The Kier molecular flexibility index (Phi) is 6.38. The fourth-order valence-electron chi connectivity index (χ4n) is 2.88. The Morgan fingerprint density at radius 1 is 1.00 bits per heavy atom. The van der Waals surface area contributed by atoms with Gasteiger partial charge in [0.15, 0.2) is 12.0 Å². The number of nitrogens with one attached hydrogen (secondary N) is 1. The van der Waals surface area contributed by atoms with E-state index in [0.29, 0.717) is 0 Å². The second kappa shape index (κ2) is 9.13. The lowest BCUT2D eigenvalue weighted by atomic mass is 10.0. The van der Waals surface area contributed by atoms with Crippen molar-refractivity contribution < 1.29 is 24.9 Å². The van der Waals surface area contributed by atoms with Gasteiger partial charge in [-0.2, -0.15) is 5.10 Å². The van der Waals surface area contributed by atoms with Crippen LogP contribution in [0.15, 0.2) is 60.7 Å². The first-order valence-corrected chi connectivity index (χ1v) is 9.02. The zero-order valence-corrected chi connectivity index (χ0v) is 15.5. The van der Waals surface area contributed by atoms with Crippen molar-refractivity contribution in [3.63, 3.8) is 0 Å². The zero-order chi connectivity index (χ0) is 20.8. The summed E-state index contributed by atoms with van der Waals surface area (Å²) >= 11 is 0. The standard InChI is InChI=1S/C21H21N3O5/c25-19(26)10-11-24(20(27)17-12-18(21(28)29)23-22-17)13-14-6-8-16(9-7-14)15-4-2-1-3-5-15/h1-9,12,19,25-26H,10-11,13H2,(H,22,23)(H,28,29). The van der Waals surface area contributed by atoms with Crippen molar-refractivity contribution in [3.8, 4) is 11.1 Å². The Hall–Kier alpha value is -3.49. The van der Waals surface area contributed by atoms with Crippen molar-refractivity contribution in [2.75, 3.05) is 6.54 Å². The van der Waals surface area contributed by atoms with Crippen LogP contribution in [0.25, 0.3) is 11.1 Å². The first-order valence-electron chi connectivity index (χ1n) is 9.02. The molecule has 0 saturated heterocycles. The lowest BCUT2D eigenvalue weighted by Crippen LogP contribution is -2.33. The molecule has 3 aromatic rings. The van der Waals surface area contributed by atoms with Crippen LogP contribution in [-0.2, 0) is 6.54 Å². The number of aliphatic hydroxyl groups is 2. The van der Waals surface area contributed by atoms with E-state index in [1.54, 1.807) is 0 Å². The summed E-state index contributed by atoms with van der Waals surface area (Å²) in [5, 5.41) is 33.4. The SMILES string of the molecule is O=C(O)c1cc(C(=O)N(CCC(O)O)Cc2ccc(-c3ccccc3)cc2)n[nH]1. The lowest BCUT2D eigenvalue weighted by molar-refractivity contribution is -0.0492. The number of aromatic amines is 1. The van der Waals surface area contributed by atoms with E-state index in [1.165, 1.54) is 4.90 Å². The summed E-state index contributed by atoms with van der Waals surface area (Å²) in [7, 11) is 0.